The number of rotatable bonds is 4. The third kappa shape index (κ3) is 3.63. The summed E-state index contributed by atoms with van der Waals surface area (Å²) in [6.07, 6.45) is 1.27. The Hall–Kier alpha value is -0.770. The van der Waals surface area contributed by atoms with Crippen LogP contribution in [0.5, 0.6) is 0 Å². The van der Waals surface area contributed by atoms with Gasteiger partial charge in [0.25, 0.3) is 0 Å². The lowest BCUT2D eigenvalue weighted by Gasteiger charge is -2.37. The summed E-state index contributed by atoms with van der Waals surface area (Å²) in [4.78, 5) is 10.2. The van der Waals surface area contributed by atoms with E-state index in [-0.39, 0.29) is 0 Å². The summed E-state index contributed by atoms with van der Waals surface area (Å²) in [5.41, 5.74) is 0. The van der Waals surface area contributed by atoms with Crippen LogP contribution in [0.1, 0.15) is 26.7 Å². The minimum Gasteiger partial charge on any atom is -0.465 e. The molecule has 0 aromatic heterocycles. The zero-order valence-electron chi connectivity index (χ0n) is 8.21. The highest BCUT2D eigenvalue weighted by molar-refractivity contribution is 5.64. The summed E-state index contributed by atoms with van der Waals surface area (Å²) in [7, 11) is 0. The molecule has 0 bridgehead atoms. The molecule has 1 fully saturated rings. The monoisotopic (exact) mass is 186 g/mol. The summed E-state index contributed by atoms with van der Waals surface area (Å²) in [6.45, 7) is 4.86. The quantitative estimate of drug-likeness (QED) is 0.614. The number of carboxylic acid groups (broad SMARTS) is 1. The topological polar surface area (TPSA) is 61.4 Å². The first-order valence-electron chi connectivity index (χ1n) is 4.80. The van der Waals surface area contributed by atoms with Crippen molar-refractivity contribution in [3.05, 3.63) is 0 Å². The van der Waals surface area contributed by atoms with Gasteiger partial charge in [-0.1, -0.05) is 13.8 Å². The van der Waals surface area contributed by atoms with Gasteiger partial charge in [-0.3, -0.25) is 0 Å². The normalized spacial score (nSPS) is 27.0. The average Bonchev–Trinajstić information content (AvgIpc) is 1.92. The van der Waals surface area contributed by atoms with Crippen LogP contribution in [0.3, 0.4) is 0 Å². The zero-order valence-corrected chi connectivity index (χ0v) is 8.21. The van der Waals surface area contributed by atoms with Crippen LogP contribution >= 0.6 is 0 Å². The van der Waals surface area contributed by atoms with E-state index in [2.05, 4.69) is 24.5 Å². The Kier molecular flexibility index (Phi) is 3.54. The first-order chi connectivity index (χ1) is 6.08. The van der Waals surface area contributed by atoms with Crippen molar-refractivity contribution in [1.29, 1.82) is 0 Å². The molecule has 1 aliphatic rings. The van der Waals surface area contributed by atoms with Gasteiger partial charge in [0.2, 0.25) is 0 Å². The lowest BCUT2D eigenvalue weighted by atomic mass is 9.80. The van der Waals surface area contributed by atoms with Crippen molar-refractivity contribution in [2.45, 2.75) is 38.8 Å². The first-order valence-corrected chi connectivity index (χ1v) is 4.80. The molecule has 0 spiro atoms. The molecule has 1 saturated carbocycles. The summed E-state index contributed by atoms with van der Waals surface area (Å²) in [6, 6.07) is 1.12. The van der Waals surface area contributed by atoms with Gasteiger partial charge in [-0.15, -0.1) is 0 Å². The number of amides is 1. The second kappa shape index (κ2) is 4.46. The lowest BCUT2D eigenvalue weighted by molar-refractivity contribution is 0.175. The van der Waals surface area contributed by atoms with Crippen LogP contribution in [0.2, 0.25) is 0 Å². The Labute approximate surface area is 78.7 Å². The Morgan fingerprint density at radius 1 is 1.54 bits per heavy atom. The molecule has 0 radical (unpaired) electrons. The van der Waals surface area contributed by atoms with Crippen LogP contribution in [0.4, 0.5) is 4.79 Å². The van der Waals surface area contributed by atoms with E-state index in [4.69, 9.17) is 5.11 Å². The lowest BCUT2D eigenvalue weighted by Crippen LogP contribution is -2.47. The summed E-state index contributed by atoms with van der Waals surface area (Å²) in [5, 5.41) is 14.2. The smallest absolute Gasteiger partial charge is 0.404 e. The van der Waals surface area contributed by atoms with E-state index >= 15 is 0 Å². The van der Waals surface area contributed by atoms with Crippen LogP contribution in [-0.2, 0) is 0 Å². The van der Waals surface area contributed by atoms with Crippen LogP contribution in [0.25, 0.3) is 0 Å². The van der Waals surface area contributed by atoms with Gasteiger partial charge in [-0.05, 0) is 18.8 Å². The number of hydrogen-bond acceptors (Lipinski definition) is 2. The fourth-order valence-corrected chi connectivity index (χ4v) is 1.74. The molecule has 0 saturated heterocycles. The number of carbonyl (C=O) groups is 1. The van der Waals surface area contributed by atoms with Gasteiger partial charge in [0.05, 0.1) is 0 Å². The van der Waals surface area contributed by atoms with Crippen molar-refractivity contribution in [1.82, 2.24) is 10.6 Å². The molecule has 0 atom stereocenters. The second-order valence-electron chi connectivity index (χ2n) is 4.04. The highest BCUT2D eigenvalue weighted by Gasteiger charge is 2.29. The van der Waals surface area contributed by atoms with Gasteiger partial charge < -0.3 is 15.7 Å². The summed E-state index contributed by atoms with van der Waals surface area (Å²) >= 11 is 0. The van der Waals surface area contributed by atoms with Crippen LogP contribution < -0.4 is 10.6 Å². The molecule has 1 rings (SSSR count). The SMILES string of the molecule is CC(C)N[C@H]1C[C@@H](CNC(=O)O)C1. The Morgan fingerprint density at radius 2 is 2.15 bits per heavy atom. The second-order valence-corrected chi connectivity index (χ2v) is 4.04. The summed E-state index contributed by atoms with van der Waals surface area (Å²) in [5.74, 6) is 0.535. The van der Waals surface area contributed by atoms with Crippen molar-refractivity contribution >= 4 is 6.09 Å². The predicted octanol–water partition coefficient (Wildman–Crippen LogP) is 1.03. The van der Waals surface area contributed by atoms with Crippen LogP contribution in [0.15, 0.2) is 0 Å². The highest BCUT2D eigenvalue weighted by Crippen LogP contribution is 2.26. The molecule has 4 heteroatoms. The van der Waals surface area contributed by atoms with Gasteiger partial charge >= 0.3 is 6.09 Å². The zero-order chi connectivity index (χ0) is 9.84. The van der Waals surface area contributed by atoms with Crippen LogP contribution in [-0.4, -0.2) is 29.8 Å². The van der Waals surface area contributed by atoms with Crippen molar-refractivity contribution in [2.75, 3.05) is 6.54 Å². The Bertz CT molecular complexity index is 176. The standard InChI is InChI=1S/C9H18N2O2/c1-6(2)11-8-3-7(4-8)5-10-9(12)13/h6-8,10-11H,3-5H2,1-2H3,(H,12,13)/t7-,8+. The largest absolute Gasteiger partial charge is 0.465 e. The number of nitrogens with one attached hydrogen (secondary N) is 2. The maximum atomic E-state index is 10.2. The predicted molar refractivity (Wildman–Crippen MR) is 50.8 cm³/mol. The van der Waals surface area contributed by atoms with E-state index in [1.807, 2.05) is 0 Å². The maximum Gasteiger partial charge on any atom is 0.404 e. The molecule has 0 aliphatic heterocycles. The molecular formula is C9H18N2O2. The van der Waals surface area contributed by atoms with Gasteiger partial charge in [0.15, 0.2) is 0 Å². The van der Waals surface area contributed by atoms with Gasteiger partial charge in [0.1, 0.15) is 0 Å². The van der Waals surface area contributed by atoms with E-state index in [1.54, 1.807) is 0 Å². The van der Waals surface area contributed by atoms with E-state index < -0.39 is 6.09 Å². The Morgan fingerprint density at radius 3 is 2.62 bits per heavy atom. The molecule has 13 heavy (non-hydrogen) atoms. The summed E-state index contributed by atoms with van der Waals surface area (Å²) < 4.78 is 0. The third-order valence-corrected chi connectivity index (χ3v) is 2.35. The van der Waals surface area contributed by atoms with Gasteiger partial charge in [-0.25, -0.2) is 4.79 Å². The maximum absolute atomic E-state index is 10.2. The molecular weight excluding hydrogens is 168 g/mol. The molecule has 0 aromatic carbocycles. The number of hydrogen-bond donors (Lipinski definition) is 3. The van der Waals surface area contributed by atoms with E-state index in [9.17, 15) is 4.79 Å². The fourth-order valence-electron chi connectivity index (χ4n) is 1.74. The van der Waals surface area contributed by atoms with Crippen LogP contribution in [0, 0.1) is 5.92 Å². The van der Waals surface area contributed by atoms with Gasteiger partial charge in [-0.2, -0.15) is 0 Å². The third-order valence-electron chi connectivity index (χ3n) is 2.35. The molecule has 0 aromatic rings. The first kappa shape index (κ1) is 10.3. The van der Waals surface area contributed by atoms with Crippen molar-refractivity contribution in [2.24, 2.45) is 5.92 Å². The molecule has 0 heterocycles. The van der Waals surface area contributed by atoms with E-state index in [0.717, 1.165) is 12.8 Å². The Balaban J connectivity index is 2.02. The minimum absolute atomic E-state index is 0.526. The fraction of sp³-hybridized carbons (Fsp3) is 0.889. The van der Waals surface area contributed by atoms with E-state index in [0.29, 0.717) is 24.5 Å². The van der Waals surface area contributed by atoms with Gasteiger partial charge in [0, 0.05) is 18.6 Å². The van der Waals surface area contributed by atoms with Crippen molar-refractivity contribution in [3.8, 4) is 0 Å². The van der Waals surface area contributed by atoms with Crippen molar-refractivity contribution < 1.29 is 9.90 Å². The van der Waals surface area contributed by atoms with Crippen molar-refractivity contribution in [3.63, 3.8) is 0 Å². The average molecular weight is 186 g/mol. The minimum atomic E-state index is -0.916. The molecule has 3 N–H and O–H groups in total. The molecule has 76 valence electrons. The molecule has 1 amide bonds. The molecule has 4 nitrogen and oxygen atoms in total. The highest BCUT2D eigenvalue weighted by atomic mass is 16.4. The molecule has 0 unspecified atom stereocenters. The van der Waals surface area contributed by atoms with E-state index in [1.165, 1.54) is 0 Å². The molecule has 1 aliphatic carbocycles.